The number of carbonyl (C=O) groups is 1. The van der Waals surface area contributed by atoms with E-state index in [4.69, 9.17) is 9.47 Å². The summed E-state index contributed by atoms with van der Waals surface area (Å²) in [6.07, 6.45) is 3.47. The number of nitrogens with one attached hydrogen (secondary N) is 1. The molecule has 0 aliphatic carbocycles. The van der Waals surface area contributed by atoms with Crippen LogP contribution in [-0.2, 0) is 10.5 Å². The van der Waals surface area contributed by atoms with Crippen LogP contribution in [0.3, 0.4) is 0 Å². The van der Waals surface area contributed by atoms with Crippen LogP contribution in [0.2, 0.25) is 0 Å². The first-order valence-corrected chi connectivity index (χ1v) is 11.9. The number of carbonyl (C=O) groups excluding carboxylic acids is 1. The van der Waals surface area contributed by atoms with Gasteiger partial charge in [0.2, 0.25) is 0 Å². The van der Waals surface area contributed by atoms with E-state index in [0.717, 1.165) is 16.3 Å². The molecule has 11 heteroatoms. The lowest BCUT2D eigenvalue weighted by Gasteiger charge is -2.13. The molecule has 0 saturated carbocycles. The molecule has 9 nitrogen and oxygen atoms in total. The molecule has 33 heavy (non-hydrogen) atoms. The van der Waals surface area contributed by atoms with Crippen molar-refractivity contribution in [1.82, 2.24) is 30.0 Å². The fourth-order valence-electron chi connectivity index (χ4n) is 3.04. The first kappa shape index (κ1) is 22.9. The number of benzene rings is 1. The maximum absolute atomic E-state index is 12.2. The smallest absolute Gasteiger partial charge is 0.270 e. The van der Waals surface area contributed by atoms with Gasteiger partial charge in [-0.2, -0.15) is 0 Å². The van der Waals surface area contributed by atoms with Crippen LogP contribution in [0.25, 0.3) is 17.1 Å². The summed E-state index contributed by atoms with van der Waals surface area (Å²) in [7, 11) is 3.22. The van der Waals surface area contributed by atoms with E-state index in [2.05, 4.69) is 25.5 Å². The van der Waals surface area contributed by atoms with Crippen LogP contribution in [0.5, 0.6) is 5.75 Å². The van der Waals surface area contributed by atoms with Crippen molar-refractivity contribution < 1.29 is 14.3 Å². The summed E-state index contributed by atoms with van der Waals surface area (Å²) < 4.78 is 12.5. The standard InChI is InChI=1S/C22H22N6O3S2/c1-30-11-10-24-21(29)16-13-32-19(25-16)14-33-22-27-26-20(15-6-5-9-23-12-15)28(22)17-7-3-4-8-18(17)31-2/h3-9,12-13H,10-11,14H2,1-2H3,(H,24,29). The average molecular weight is 483 g/mol. The van der Waals surface area contributed by atoms with Gasteiger partial charge in [0.05, 0.1) is 25.2 Å². The zero-order valence-corrected chi connectivity index (χ0v) is 19.7. The SMILES string of the molecule is COCCNC(=O)c1csc(CSc2nnc(-c3cccnc3)n2-c2ccccc2OC)n1. The van der Waals surface area contributed by atoms with Crippen molar-refractivity contribution in [1.29, 1.82) is 0 Å². The summed E-state index contributed by atoms with van der Waals surface area (Å²) in [5, 5.41) is 14.9. The molecule has 1 N–H and O–H groups in total. The van der Waals surface area contributed by atoms with Crippen molar-refractivity contribution in [2.24, 2.45) is 0 Å². The molecule has 1 amide bonds. The summed E-state index contributed by atoms with van der Waals surface area (Å²) in [4.78, 5) is 20.9. The zero-order valence-electron chi connectivity index (χ0n) is 18.1. The van der Waals surface area contributed by atoms with E-state index < -0.39 is 0 Å². The van der Waals surface area contributed by atoms with E-state index in [1.807, 2.05) is 41.0 Å². The lowest BCUT2D eigenvalue weighted by Crippen LogP contribution is -2.27. The molecule has 0 unspecified atom stereocenters. The van der Waals surface area contributed by atoms with Gasteiger partial charge < -0.3 is 14.8 Å². The number of para-hydroxylation sites is 2. The minimum atomic E-state index is -0.212. The van der Waals surface area contributed by atoms with E-state index in [1.165, 1.54) is 23.1 Å². The quantitative estimate of drug-likeness (QED) is 0.271. The Labute approximate surface area is 199 Å². The number of aromatic nitrogens is 5. The average Bonchev–Trinajstić information content (AvgIpc) is 3.50. The van der Waals surface area contributed by atoms with Crippen LogP contribution in [0.15, 0.2) is 59.3 Å². The van der Waals surface area contributed by atoms with Gasteiger partial charge in [0.15, 0.2) is 11.0 Å². The molecule has 4 aromatic rings. The van der Waals surface area contributed by atoms with Crippen molar-refractivity contribution in [3.8, 4) is 22.8 Å². The van der Waals surface area contributed by atoms with Gasteiger partial charge in [-0.15, -0.1) is 21.5 Å². The highest BCUT2D eigenvalue weighted by Crippen LogP contribution is 2.33. The van der Waals surface area contributed by atoms with Gasteiger partial charge >= 0.3 is 0 Å². The van der Waals surface area contributed by atoms with Gasteiger partial charge in [0.1, 0.15) is 16.5 Å². The Bertz CT molecular complexity index is 1210. The Balaban J connectivity index is 1.59. The number of hydrogen-bond acceptors (Lipinski definition) is 9. The van der Waals surface area contributed by atoms with Crippen molar-refractivity contribution in [2.75, 3.05) is 27.4 Å². The molecule has 0 fully saturated rings. The number of thiazole rings is 1. The van der Waals surface area contributed by atoms with Gasteiger partial charge in [-0.1, -0.05) is 23.9 Å². The van der Waals surface area contributed by atoms with E-state index in [1.54, 1.807) is 32.0 Å². The molecule has 0 aliphatic heterocycles. The number of nitrogens with zero attached hydrogens (tertiary/aromatic N) is 5. The third-order valence-corrected chi connectivity index (χ3v) is 6.55. The molecule has 170 valence electrons. The zero-order chi connectivity index (χ0) is 23.0. The van der Waals surface area contributed by atoms with Crippen LogP contribution in [0.1, 0.15) is 15.5 Å². The summed E-state index contributed by atoms with van der Waals surface area (Å²) in [5.41, 5.74) is 2.06. The second kappa shape index (κ2) is 11.0. The molecule has 0 spiro atoms. The molecule has 0 radical (unpaired) electrons. The van der Waals surface area contributed by atoms with Crippen molar-refractivity contribution in [3.05, 3.63) is 64.9 Å². The predicted molar refractivity (Wildman–Crippen MR) is 127 cm³/mol. The van der Waals surface area contributed by atoms with Gasteiger partial charge in [-0.05, 0) is 24.3 Å². The largest absolute Gasteiger partial charge is 0.495 e. The van der Waals surface area contributed by atoms with Crippen LogP contribution in [-0.4, -0.2) is 58.0 Å². The van der Waals surface area contributed by atoms with Gasteiger partial charge in [-0.25, -0.2) is 4.98 Å². The molecule has 4 rings (SSSR count). The number of hydrogen-bond donors (Lipinski definition) is 1. The Morgan fingerprint density at radius 2 is 2.06 bits per heavy atom. The Morgan fingerprint density at radius 1 is 1.18 bits per heavy atom. The first-order chi connectivity index (χ1) is 16.2. The molecular formula is C22H22N6O3S2. The summed E-state index contributed by atoms with van der Waals surface area (Å²) in [6.45, 7) is 0.895. The topological polar surface area (TPSA) is 104 Å². The third-order valence-electron chi connectivity index (χ3n) is 4.58. The van der Waals surface area contributed by atoms with E-state index in [9.17, 15) is 4.79 Å². The monoisotopic (exact) mass is 482 g/mol. The number of methoxy groups -OCH3 is 2. The summed E-state index contributed by atoms with van der Waals surface area (Å²) in [5.74, 6) is 1.69. The van der Waals surface area contributed by atoms with E-state index >= 15 is 0 Å². The minimum absolute atomic E-state index is 0.212. The van der Waals surface area contributed by atoms with Crippen LogP contribution < -0.4 is 10.1 Å². The van der Waals surface area contributed by atoms with E-state index in [0.29, 0.717) is 41.3 Å². The fraction of sp³-hybridized carbons (Fsp3) is 0.227. The maximum Gasteiger partial charge on any atom is 0.270 e. The molecule has 1 aromatic carbocycles. The lowest BCUT2D eigenvalue weighted by atomic mass is 10.2. The van der Waals surface area contributed by atoms with Gasteiger partial charge in [0.25, 0.3) is 5.91 Å². The lowest BCUT2D eigenvalue weighted by molar-refractivity contribution is 0.0932. The Morgan fingerprint density at radius 3 is 2.85 bits per heavy atom. The summed E-state index contributed by atoms with van der Waals surface area (Å²) in [6, 6.07) is 11.5. The van der Waals surface area contributed by atoms with Crippen LogP contribution >= 0.6 is 23.1 Å². The van der Waals surface area contributed by atoms with Crippen LogP contribution in [0, 0.1) is 0 Å². The molecule has 0 aliphatic rings. The summed E-state index contributed by atoms with van der Waals surface area (Å²) >= 11 is 2.92. The van der Waals surface area contributed by atoms with Gasteiger partial charge in [0, 0.05) is 37.0 Å². The first-order valence-electron chi connectivity index (χ1n) is 10.0. The normalized spacial score (nSPS) is 10.8. The molecule has 0 atom stereocenters. The molecule has 0 bridgehead atoms. The Hall–Kier alpha value is -3.28. The Kier molecular flexibility index (Phi) is 7.66. The maximum atomic E-state index is 12.2. The number of rotatable bonds is 10. The highest BCUT2D eigenvalue weighted by atomic mass is 32.2. The number of amides is 1. The highest BCUT2D eigenvalue weighted by Gasteiger charge is 2.20. The number of thioether (sulfide) groups is 1. The second-order valence-corrected chi connectivity index (χ2v) is 8.60. The fourth-order valence-corrected chi connectivity index (χ4v) is 4.78. The van der Waals surface area contributed by atoms with Crippen molar-refractivity contribution >= 4 is 29.0 Å². The number of ether oxygens (including phenoxy) is 2. The molecule has 3 aromatic heterocycles. The predicted octanol–water partition coefficient (Wildman–Crippen LogP) is 3.46. The minimum Gasteiger partial charge on any atom is -0.495 e. The molecule has 0 saturated heterocycles. The highest BCUT2D eigenvalue weighted by molar-refractivity contribution is 7.98. The van der Waals surface area contributed by atoms with E-state index in [-0.39, 0.29) is 5.91 Å². The third kappa shape index (κ3) is 5.38. The van der Waals surface area contributed by atoms with Gasteiger partial charge in [-0.3, -0.25) is 14.3 Å². The van der Waals surface area contributed by atoms with Crippen molar-refractivity contribution in [3.63, 3.8) is 0 Å². The molecular weight excluding hydrogens is 460 g/mol. The van der Waals surface area contributed by atoms with Crippen LogP contribution in [0.4, 0.5) is 0 Å². The second-order valence-electron chi connectivity index (χ2n) is 6.72. The molecule has 3 heterocycles. The number of pyridine rings is 1. The van der Waals surface area contributed by atoms with Crippen molar-refractivity contribution in [2.45, 2.75) is 10.9 Å².